The van der Waals surface area contributed by atoms with E-state index in [1.54, 1.807) is 24.3 Å². The van der Waals surface area contributed by atoms with Crippen LogP contribution < -0.4 is 16.4 Å². The fourth-order valence-corrected chi connectivity index (χ4v) is 2.33. The molecule has 3 amide bonds. The summed E-state index contributed by atoms with van der Waals surface area (Å²) >= 11 is 0. The summed E-state index contributed by atoms with van der Waals surface area (Å²) in [7, 11) is 0. The van der Waals surface area contributed by atoms with E-state index >= 15 is 0 Å². The first-order valence-corrected chi connectivity index (χ1v) is 6.88. The van der Waals surface area contributed by atoms with Crippen molar-refractivity contribution in [3.63, 3.8) is 0 Å². The molecule has 1 heterocycles. The molecule has 2 rings (SSSR count). The number of carbonyl (C=O) groups excluding carboxylic acids is 3. The molecule has 0 aromatic heterocycles. The van der Waals surface area contributed by atoms with Crippen LogP contribution in [-0.4, -0.2) is 29.8 Å². The summed E-state index contributed by atoms with van der Waals surface area (Å²) in [6.07, 6.45) is 0.812. The monoisotopic (exact) mass is 300 g/mol. The minimum atomic E-state index is -0.931. The van der Waals surface area contributed by atoms with Crippen molar-refractivity contribution in [1.29, 1.82) is 5.26 Å². The second-order valence-electron chi connectivity index (χ2n) is 5.10. The van der Waals surface area contributed by atoms with E-state index in [4.69, 9.17) is 11.0 Å². The summed E-state index contributed by atoms with van der Waals surface area (Å²) < 4.78 is 0. The van der Waals surface area contributed by atoms with Gasteiger partial charge in [0.2, 0.25) is 17.7 Å². The first-order chi connectivity index (χ1) is 10.5. The average molecular weight is 300 g/mol. The standard InChI is InChI=1S/C15H16N4O3/c16-8-10-4-2-1-3-9(10)7-12(14(17)21)19-15(22)11-5-6-13(20)18-11/h1-4,11-12H,5-7H2,(H2,17,21)(H,18,20)(H,19,22)/t11-,12-/m1/s1. The van der Waals surface area contributed by atoms with Gasteiger partial charge in [-0.25, -0.2) is 0 Å². The molecule has 0 bridgehead atoms. The Labute approximate surface area is 127 Å². The van der Waals surface area contributed by atoms with Gasteiger partial charge in [-0.1, -0.05) is 18.2 Å². The molecule has 0 aliphatic carbocycles. The molecule has 0 saturated carbocycles. The second kappa shape index (κ2) is 6.72. The van der Waals surface area contributed by atoms with Crippen molar-refractivity contribution in [3.05, 3.63) is 35.4 Å². The summed E-state index contributed by atoms with van der Waals surface area (Å²) in [5.41, 5.74) is 6.38. The van der Waals surface area contributed by atoms with E-state index in [2.05, 4.69) is 10.6 Å². The highest BCUT2D eigenvalue weighted by Gasteiger charge is 2.30. The smallest absolute Gasteiger partial charge is 0.243 e. The minimum absolute atomic E-state index is 0.130. The Hall–Kier alpha value is -2.88. The Morgan fingerprint density at radius 1 is 1.45 bits per heavy atom. The molecule has 0 unspecified atom stereocenters. The maximum Gasteiger partial charge on any atom is 0.243 e. The highest BCUT2D eigenvalue weighted by molar-refractivity contribution is 5.93. The highest BCUT2D eigenvalue weighted by Crippen LogP contribution is 2.11. The molecule has 22 heavy (non-hydrogen) atoms. The predicted octanol–water partition coefficient (Wildman–Crippen LogP) is -0.651. The zero-order valence-corrected chi connectivity index (χ0v) is 11.8. The van der Waals surface area contributed by atoms with Gasteiger partial charge in [-0.2, -0.15) is 5.26 Å². The zero-order chi connectivity index (χ0) is 16.1. The summed E-state index contributed by atoms with van der Waals surface area (Å²) in [4.78, 5) is 34.7. The second-order valence-corrected chi connectivity index (χ2v) is 5.10. The zero-order valence-electron chi connectivity index (χ0n) is 11.8. The van der Waals surface area contributed by atoms with Gasteiger partial charge in [-0.15, -0.1) is 0 Å². The largest absolute Gasteiger partial charge is 0.368 e. The molecular formula is C15H16N4O3. The third kappa shape index (κ3) is 3.61. The molecule has 1 aromatic carbocycles. The molecule has 1 aliphatic rings. The van der Waals surface area contributed by atoms with E-state index in [1.165, 1.54) is 0 Å². The Bertz CT molecular complexity index is 650. The number of carbonyl (C=O) groups is 3. The van der Waals surface area contributed by atoms with Gasteiger partial charge in [-0.3, -0.25) is 14.4 Å². The van der Waals surface area contributed by atoms with Gasteiger partial charge in [0.1, 0.15) is 12.1 Å². The molecule has 7 nitrogen and oxygen atoms in total. The summed E-state index contributed by atoms with van der Waals surface area (Å²) in [6, 6.07) is 7.26. The summed E-state index contributed by atoms with van der Waals surface area (Å²) in [5.74, 6) is -1.32. The SMILES string of the molecule is N#Cc1ccccc1C[C@@H](NC(=O)[C@H]1CCC(=O)N1)C(N)=O. The number of hydrogen-bond acceptors (Lipinski definition) is 4. The molecule has 114 valence electrons. The first-order valence-electron chi connectivity index (χ1n) is 6.88. The van der Waals surface area contributed by atoms with E-state index in [0.717, 1.165) is 0 Å². The maximum atomic E-state index is 12.1. The van der Waals surface area contributed by atoms with Crippen LogP contribution in [0.2, 0.25) is 0 Å². The lowest BCUT2D eigenvalue weighted by Gasteiger charge is -2.18. The van der Waals surface area contributed by atoms with Crippen LogP contribution in [0, 0.1) is 11.3 Å². The van der Waals surface area contributed by atoms with E-state index in [9.17, 15) is 14.4 Å². The van der Waals surface area contributed by atoms with Gasteiger partial charge < -0.3 is 16.4 Å². The normalized spacial score (nSPS) is 18.1. The maximum absolute atomic E-state index is 12.1. The number of primary amides is 1. The predicted molar refractivity (Wildman–Crippen MR) is 77.2 cm³/mol. The van der Waals surface area contributed by atoms with Crippen molar-refractivity contribution in [3.8, 4) is 6.07 Å². The van der Waals surface area contributed by atoms with Crippen LogP contribution in [0.3, 0.4) is 0 Å². The summed E-state index contributed by atoms with van der Waals surface area (Å²) in [5, 5.41) is 14.1. The Morgan fingerprint density at radius 3 is 2.77 bits per heavy atom. The number of nitrogens with two attached hydrogens (primary N) is 1. The Balaban J connectivity index is 2.07. The number of nitrogens with zero attached hydrogens (tertiary/aromatic N) is 1. The highest BCUT2D eigenvalue weighted by atomic mass is 16.2. The van der Waals surface area contributed by atoms with Crippen molar-refractivity contribution >= 4 is 17.7 Å². The number of nitrogens with one attached hydrogen (secondary N) is 2. The molecule has 7 heteroatoms. The topological polar surface area (TPSA) is 125 Å². The number of hydrogen-bond donors (Lipinski definition) is 3. The van der Waals surface area contributed by atoms with Crippen LogP contribution in [0.25, 0.3) is 0 Å². The van der Waals surface area contributed by atoms with E-state index in [0.29, 0.717) is 17.5 Å². The van der Waals surface area contributed by atoms with E-state index < -0.39 is 23.9 Å². The van der Waals surface area contributed by atoms with Crippen LogP contribution in [-0.2, 0) is 20.8 Å². The van der Waals surface area contributed by atoms with Crippen molar-refractivity contribution in [2.75, 3.05) is 0 Å². The lowest BCUT2D eigenvalue weighted by Crippen LogP contribution is -2.51. The molecule has 0 radical (unpaired) electrons. The minimum Gasteiger partial charge on any atom is -0.368 e. The summed E-state index contributed by atoms with van der Waals surface area (Å²) in [6.45, 7) is 0. The third-order valence-electron chi connectivity index (χ3n) is 3.53. The number of benzene rings is 1. The molecule has 1 saturated heterocycles. The molecule has 4 N–H and O–H groups in total. The fourth-order valence-electron chi connectivity index (χ4n) is 2.33. The number of nitriles is 1. The lowest BCUT2D eigenvalue weighted by molar-refractivity contribution is -0.129. The van der Waals surface area contributed by atoms with Gasteiger partial charge >= 0.3 is 0 Å². The van der Waals surface area contributed by atoms with Crippen LogP contribution in [0.5, 0.6) is 0 Å². The van der Waals surface area contributed by atoms with E-state index in [-0.39, 0.29) is 18.7 Å². The Morgan fingerprint density at radius 2 is 2.18 bits per heavy atom. The van der Waals surface area contributed by atoms with Crippen LogP contribution in [0.15, 0.2) is 24.3 Å². The first kappa shape index (κ1) is 15.5. The van der Waals surface area contributed by atoms with Crippen LogP contribution >= 0.6 is 0 Å². The molecule has 1 aromatic rings. The van der Waals surface area contributed by atoms with Gasteiger partial charge in [-0.05, 0) is 18.1 Å². The van der Waals surface area contributed by atoms with Crippen molar-refractivity contribution < 1.29 is 14.4 Å². The van der Waals surface area contributed by atoms with Crippen molar-refractivity contribution in [1.82, 2.24) is 10.6 Å². The quantitative estimate of drug-likeness (QED) is 0.668. The van der Waals surface area contributed by atoms with Gasteiger partial charge in [0.05, 0.1) is 11.6 Å². The molecule has 0 spiro atoms. The van der Waals surface area contributed by atoms with Gasteiger partial charge in [0, 0.05) is 12.8 Å². The van der Waals surface area contributed by atoms with Crippen molar-refractivity contribution in [2.24, 2.45) is 5.73 Å². The lowest BCUT2D eigenvalue weighted by atomic mass is 10.00. The number of rotatable bonds is 5. The van der Waals surface area contributed by atoms with Crippen LogP contribution in [0.4, 0.5) is 0 Å². The molecule has 2 atom stereocenters. The third-order valence-corrected chi connectivity index (χ3v) is 3.53. The van der Waals surface area contributed by atoms with E-state index in [1.807, 2.05) is 6.07 Å². The molecular weight excluding hydrogens is 284 g/mol. The van der Waals surface area contributed by atoms with Crippen molar-refractivity contribution in [2.45, 2.75) is 31.3 Å². The molecule has 1 fully saturated rings. The number of amides is 3. The Kier molecular flexibility index (Phi) is 4.73. The fraction of sp³-hybridized carbons (Fsp3) is 0.333. The molecule has 1 aliphatic heterocycles. The van der Waals surface area contributed by atoms with Crippen LogP contribution in [0.1, 0.15) is 24.0 Å². The van der Waals surface area contributed by atoms with Gasteiger partial charge in [0.15, 0.2) is 0 Å². The average Bonchev–Trinajstić information content (AvgIpc) is 2.93. The van der Waals surface area contributed by atoms with Gasteiger partial charge in [0.25, 0.3) is 0 Å².